The van der Waals surface area contributed by atoms with Gasteiger partial charge in [-0.15, -0.1) is 0 Å². The lowest BCUT2D eigenvalue weighted by atomic mass is 9.73. The molecule has 5 nitrogen and oxygen atoms in total. The minimum Gasteiger partial charge on any atom is -0.457 e. The molecule has 1 fully saturated rings. The number of hydrogen-bond acceptors (Lipinski definition) is 4. The lowest BCUT2D eigenvalue weighted by Crippen LogP contribution is -2.24. The third kappa shape index (κ3) is 5.64. The molecule has 1 saturated carbocycles. The molecule has 0 saturated heterocycles. The van der Waals surface area contributed by atoms with Crippen LogP contribution < -0.4 is 14.5 Å². The summed E-state index contributed by atoms with van der Waals surface area (Å²) in [5, 5.41) is 2.38. The van der Waals surface area contributed by atoms with Crippen molar-refractivity contribution in [3.05, 3.63) is 174 Å². The molecule has 56 heavy (non-hydrogen) atoms. The van der Waals surface area contributed by atoms with E-state index in [0.717, 1.165) is 59.1 Å². The van der Waals surface area contributed by atoms with Crippen molar-refractivity contribution >= 4 is 38.9 Å². The fraction of sp³-hybridized carbons (Fsp3) is 0.196. The predicted octanol–water partition coefficient (Wildman–Crippen LogP) is 13.0. The maximum absolute atomic E-state index is 6.96. The molecule has 0 radical (unpaired) electrons. The molecule has 8 aromatic rings. The van der Waals surface area contributed by atoms with Crippen molar-refractivity contribution in [1.82, 2.24) is 9.55 Å². The summed E-state index contributed by atoms with van der Waals surface area (Å²) in [7, 11) is 2.16. The van der Waals surface area contributed by atoms with Crippen molar-refractivity contribution in [2.45, 2.75) is 51.9 Å². The van der Waals surface area contributed by atoms with Crippen LogP contribution in [0.1, 0.15) is 53.5 Å². The number of fused-ring (bicyclic) bond motifs is 4. The van der Waals surface area contributed by atoms with Crippen LogP contribution in [-0.2, 0) is 5.41 Å². The van der Waals surface area contributed by atoms with Crippen LogP contribution in [0.4, 0.5) is 17.1 Å². The van der Waals surface area contributed by atoms with Crippen molar-refractivity contribution in [2.75, 3.05) is 23.5 Å². The van der Waals surface area contributed by atoms with E-state index in [0.29, 0.717) is 0 Å². The first-order valence-electron chi connectivity index (χ1n) is 19.9. The van der Waals surface area contributed by atoms with Crippen molar-refractivity contribution < 1.29 is 4.74 Å². The lowest BCUT2D eigenvalue weighted by Gasteiger charge is -2.31. The molecule has 10 rings (SSSR count). The molecular weight excluding hydrogens is 685 g/mol. The Morgan fingerprint density at radius 1 is 0.607 bits per heavy atom. The zero-order chi connectivity index (χ0) is 38.0. The Balaban J connectivity index is 1.11. The fourth-order valence-electron chi connectivity index (χ4n) is 9.89. The molecule has 1 aliphatic carbocycles. The number of anilines is 3. The molecule has 1 aliphatic heterocycles. The third-order valence-electron chi connectivity index (χ3n) is 12.3. The smallest absolute Gasteiger partial charge is 0.137 e. The quantitative estimate of drug-likeness (QED) is 0.163. The number of pyridine rings is 1. The Hall–Kier alpha value is -6.33. The number of ether oxygens (including phenoxy) is 1. The van der Waals surface area contributed by atoms with Gasteiger partial charge in [0.15, 0.2) is 0 Å². The molecule has 0 N–H and O–H groups in total. The highest BCUT2D eigenvalue weighted by Gasteiger charge is 2.37. The average molecular weight is 731 g/mol. The van der Waals surface area contributed by atoms with E-state index < -0.39 is 0 Å². The highest BCUT2D eigenvalue weighted by atomic mass is 16.5. The molecule has 0 unspecified atom stereocenters. The minimum atomic E-state index is -0.00642. The van der Waals surface area contributed by atoms with Gasteiger partial charge in [-0.3, -0.25) is 4.57 Å². The molecule has 5 heteroatoms. The second-order valence-corrected chi connectivity index (χ2v) is 15.9. The molecule has 3 heterocycles. The van der Waals surface area contributed by atoms with Crippen molar-refractivity contribution in [2.24, 2.45) is 0 Å². The van der Waals surface area contributed by atoms with Gasteiger partial charge in [-0.2, -0.15) is 0 Å². The monoisotopic (exact) mass is 730 g/mol. The number of aromatic nitrogens is 2. The summed E-state index contributed by atoms with van der Waals surface area (Å²) in [6.07, 6.45) is 6.76. The van der Waals surface area contributed by atoms with Gasteiger partial charge < -0.3 is 14.5 Å². The number of hydrogen-bond donors (Lipinski definition) is 0. The predicted molar refractivity (Wildman–Crippen MR) is 232 cm³/mol. The number of nitrogens with zero attached hydrogens (tertiary/aromatic N) is 4. The Kier molecular flexibility index (Phi) is 8.21. The minimum absolute atomic E-state index is 0.00642. The number of benzene rings is 6. The Morgan fingerprint density at radius 3 is 2.12 bits per heavy atom. The summed E-state index contributed by atoms with van der Waals surface area (Å²) < 4.78 is 9.28. The van der Waals surface area contributed by atoms with Gasteiger partial charge in [-0.05, 0) is 122 Å². The zero-order valence-electron chi connectivity index (χ0n) is 32.6. The molecular formula is C51H46N4O. The molecule has 6 aromatic carbocycles. The first-order chi connectivity index (χ1) is 27.4. The van der Waals surface area contributed by atoms with E-state index in [1.165, 1.54) is 68.4 Å². The van der Waals surface area contributed by atoms with Gasteiger partial charge in [0.05, 0.1) is 29.1 Å². The Bertz CT molecular complexity index is 2750. The van der Waals surface area contributed by atoms with Gasteiger partial charge >= 0.3 is 0 Å². The first kappa shape index (κ1) is 34.2. The number of rotatable bonds is 7. The highest BCUT2D eigenvalue weighted by Crippen LogP contribution is 2.48. The van der Waals surface area contributed by atoms with Gasteiger partial charge in [0.2, 0.25) is 0 Å². The second kappa shape index (κ2) is 13.5. The number of para-hydroxylation sites is 3. The van der Waals surface area contributed by atoms with E-state index in [-0.39, 0.29) is 5.41 Å². The molecule has 0 atom stereocenters. The molecule has 0 spiro atoms. The van der Waals surface area contributed by atoms with Crippen molar-refractivity contribution in [1.29, 1.82) is 0 Å². The largest absolute Gasteiger partial charge is 0.457 e. The Labute approximate surface area is 329 Å². The lowest BCUT2D eigenvalue weighted by molar-refractivity contribution is 0.483. The summed E-state index contributed by atoms with van der Waals surface area (Å²) >= 11 is 0. The van der Waals surface area contributed by atoms with Crippen molar-refractivity contribution in [3.63, 3.8) is 0 Å². The average Bonchev–Trinajstić information content (AvgIpc) is 3.93. The maximum Gasteiger partial charge on any atom is 0.137 e. The van der Waals surface area contributed by atoms with Gasteiger partial charge in [-0.1, -0.05) is 91.2 Å². The Morgan fingerprint density at radius 2 is 1.32 bits per heavy atom. The molecule has 0 amide bonds. The normalized spacial score (nSPS) is 14.9. The first-order valence-corrected chi connectivity index (χ1v) is 19.9. The summed E-state index contributed by atoms with van der Waals surface area (Å²) in [6.45, 7) is 7.36. The van der Waals surface area contributed by atoms with Crippen LogP contribution in [0.15, 0.2) is 146 Å². The van der Waals surface area contributed by atoms with Crippen molar-refractivity contribution in [3.8, 4) is 28.4 Å². The zero-order valence-corrected chi connectivity index (χ0v) is 32.6. The van der Waals surface area contributed by atoms with E-state index in [1.807, 2.05) is 6.20 Å². The highest BCUT2D eigenvalue weighted by molar-refractivity contribution is 6.09. The van der Waals surface area contributed by atoms with Crippen LogP contribution in [0.3, 0.4) is 0 Å². The van der Waals surface area contributed by atoms with Crippen LogP contribution in [0, 0.1) is 20.8 Å². The SMILES string of the molecule is Cc1cc(C)c(-c2cc(Oc3ccc4c5ccccc5n(-c5cc(C6(c7ccccc7)CCCC6)ccn5)c4c3)cc(N3CN(C)c4ccccc43)c2)c(C)c1. The van der Waals surface area contributed by atoms with Gasteiger partial charge in [-0.25, -0.2) is 4.98 Å². The van der Waals surface area contributed by atoms with Crippen LogP contribution in [-0.4, -0.2) is 23.3 Å². The van der Waals surface area contributed by atoms with Gasteiger partial charge in [0, 0.05) is 47.3 Å². The standard InChI is InChI=1S/C51H46N4O/c1-34-26-35(2)50(36(3)27-34)37-28-40(54-33-53(4)46-18-10-11-19-47(46)54)31-42(29-37)56-41-20-21-44-43-16-8-9-17-45(43)55(48(44)32-41)49-30-39(22-25-52-49)51(23-12-13-24-51)38-14-6-5-7-15-38/h5-11,14-22,25-32H,12-13,23-24,33H2,1-4H3. The molecule has 276 valence electrons. The summed E-state index contributed by atoms with van der Waals surface area (Å²) in [6, 6.07) is 50.7. The molecule has 2 aliphatic rings. The number of aryl methyl sites for hydroxylation is 3. The van der Waals surface area contributed by atoms with Crippen LogP contribution in [0.25, 0.3) is 38.8 Å². The summed E-state index contributed by atoms with van der Waals surface area (Å²) in [5.74, 6) is 2.52. The summed E-state index contributed by atoms with van der Waals surface area (Å²) in [4.78, 5) is 9.74. The van der Waals surface area contributed by atoms with E-state index in [4.69, 9.17) is 9.72 Å². The molecule has 0 bridgehead atoms. The van der Waals surface area contributed by atoms with E-state index in [2.05, 4.69) is 182 Å². The maximum atomic E-state index is 6.96. The van der Waals surface area contributed by atoms with Crippen LogP contribution in [0.5, 0.6) is 11.5 Å². The summed E-state index contributed by atoms with van der Waals surface area (Å²) in [5.41, 5.74) is 14.7. The topological polar surface area (TPSA) is 33.5 Å². The van der Waals surface area contributed by atoms with E-state index in [1.54, 1.807) is 0 Å². The van der Waals surface area contributed by atoms with E-state index >= 15 is 0 Å². The van der Waals surface area contributed by atoms with Crippen LogP contribution in [0.2, 0.25) is 0 Å². The van der Waals surface area contributed by atoms with Gasteiger partial charge in [0.1, 0.15) is 17.3 Å². The fourth-order valence-corrected chi connectivity index (χ4v) is 9.89. The second-order valence-electron chi connectivity index (χ2n) is 15.9. The van der Waals surface area contributed by atoms with E-state index in [9.17, 15) is 0 Å². The third-order valence-corrected chi connectivity index (χ3v) is 12.3. The van der Waals surface area contributed by atoms with Gasteiger partial charge in [0.25, 0.3) is 0 Å². The van der Waals surface area contributed by atoms with Crippen LogP contribution >= 0.6 is 0 Å². The molecule has 2 aromatic heterocycles.